The van der Waals surface area contributed by atoms with E-state index in [1.54, 1.807) is 43.9 Å². The van der Waals surface area contributed by atoms with Gasteiger partial charge in [0.25, 0.3) is 5.91 Å². The Labute approximate surface area is 215 Å². The molecule has 1 saturated heterocycles. The number of nitrogens with zero attached hydrogens (tertiary/aromatic N) is 3. The first-order valence-corrected chi connectivity index (χ1v) is 11.7. The Kier molecular flexibility index (Phi) is 6.73. The van der Waals surface area contributed by atoms with Crippen LogP contribution < -0.4 is 15.3 Å². The minimum Gasteiger partial charge on any atom is -0.494 e. The van der Waals surface area contributed by atoms with Gasteiger partial charge in [0, 0.05) is 18.0 Å². The topological polar surface area (TPSA) is 86.8 Å². The number of benzene rings is 2. The molecule has 0 spiro atoms. The van der Waals surface area contributed by atoms with Crippen molar-refractivity contribution < 1.29 is 27.1 Å². The highest BCUT2D eigenvalue weighted by Crippen LogP contribution is 2.38. The molecule has 192 valence electrons. The Balaban J connectivity index is 1.48. The third kappa shape index (κ3) is 4.89. The lowest BCUT2D eigenvalue weighted by atomic mass is 10.0. The number of aryl methyl sites for hydroxylation is 1. The van der Waals surface area contributed by atoms with E-state index in [9.17, 15) is 22.8 Å². The maximum Gasteiger partial charge on any atom is 0.417 e. The van der Waals surface area contributed by atoms with Crippen LogP contribution in [0, 0.1) is 18.3 Å². The molecular weight excluding hydrogens is 507 g/mol. The molecule has 2 aromatic carbocycles. The molecule has 0 saturated carbocycles. The fourth-order valence-electron chi connectivity index (χ4n) is 4.24. The van der Waals surface area contributed by atoms with Gasteiger partial charge in [-0.05, 0) is 81.4 Å². The van der Waals surface area contributed by atoms with Crippen LogP contribution in [0.4, 0.5) is 18.9 Å². The Morgan fingerprint density at radius 1 is 1.14 bits per heavy atom. The molecule has 37 heavy (non-hydrogen) atoms. The number of fused-ring (bicyclic) bond motifs is 1. The number of carbonyl (C=O) groups excluding carboxylic acids is 1. The second-order valence-electron chi connectivity index (χ2n) is 9.08. The highest BCUT2D eigenvalue weighted by molar-refractivity contribution is 7.80. The molecule has 1 aliphatic rings. The lowest BCUT2D eigenvalue weighted by Gasteiger charge is -2.29. The predicted molar refractivity (Wildman–Crippen MR) is 134 cm³/mol. The minimum absolute atomic E-state index is 0.0497. The number of hydrogen-bond donors (Lipinski definition) is 0. The lowest BCUT2D eigenvalue weighted by Crippen LogP contribution is -2.44. The summed E-state index contributed by atoms with van der Waals surface area (Å²) >= 11 is 5.50. The van der Waals surface area contributed by atoms with E-state index in [1.807, 2.05) is 0 Å². The predicted octanol–water partition coefficient (Wildman–Crippen LogP) is 5.17. The van der Waals surface area contributed by atoms with Crippen LogP contribution in [0.1, 0.15) is 37.0 Å². The van der Waals surface area contributed by atoms with Gasteiger partial charge in [-0.25, -0.2) is 4.79 Å². The largest absolute Gasteiger partial charge is 0.494 e. The molecule has 0 atom stereocenters. The Hall–Kier alpha value is -3.91. The Bertz CT molecular complexity index is 1510. The highest BCUT2D eigenvalue weighted by atomic mass is 32.1. The fourth-order valence-corrected chi connectivity index (χ4v) is 4.75. The summed E-state index contributed by atoms with van der Waals surface area (Å²) in [5.41, 5.74) is -2.02. The smallest absolute Gasteiger partial charge is 0.417 e. The zero-order chi connectivity index (χ0) is 27.1. The monoisotopic (exact) mass is 529 g/mol. The molecule has 11 heteroatoms. The van der Waals surface area contributed by atoms with E-state index in [-0.39, 0.29) is 17.4 Å². The summed E-state index contributed by atoms with van der Waals surface area (Å²) < 4.78 is 51.4. The quantitative estimate of drug-likeness (QED) is 0.247. The number of hydrogen-bond acceptors (Lipinski definition) is 6. The summed E-state index contributed by atoms with van der Waals surface area (Å²) in [4.78, 5) is 27.4. The number of thiocarbonyl (C=S) groups is 1. The van der Waals surface area contributed by atoms with Crippen molar-refractivity contribution in [3.05, 3.63) is 69.6 Å². The Morgan fingerprint density at radius 3 is 2.54 bits per heavy atom. The van der Waals surface area contributed by atoms with E-state index in [1.165, 1.54) is 18.2 Å². The maximum atomic E-state index is 13.5. The average Bonchev–Trinajstić information content (AvgIpc) is 2.99. The summed E-state index contributed by atoms with van der Waals surface area (Å²) in [6.45, 7) is 5.69. The molecule has 0 aliphatic carbocycles. The van der Waals surface area contributed by atoms with E-state index in [0.717, 1.165) is 28.0 Å². The summed E-state index contributed by atoms with van der Waals surface area (Å²) in [6, 6.07) is 11.1. The number of alkyl halides is 3. The number of ether oxygens (including phenoxy) is 1. The van der Waals surface area contributed by atoms with Crippen molar-refractivity contribution in [1.29, 1.82) is 5.26 Å². The first kappa shape index (κ1) is 26.2. The normalized spacial score (nSPS) is 15.4. The second kappa shape index (κ2) is 9.52. The summed E-state index contributed by atoms with van der Waals surface area (Å²) in [6.07, 6.45) is -4.29. The molecule has 1 aliphatic heterocycles. The molecular formula is C26H22F3N3O4S. The van der Waals surface area contributed by atoms with Crippen molar-refractivity contribution in [1.82, 2.24) is 4.90 Å². The summed E-state index contributed by atoms with van der Waals surface area (Å²) in [5.74, 6) is 0.102. The van der Waals surface area contributed by atoms with Crippen LogP contribution in [0.3, 0.4) is 0 Å². The zero-order valence-corrected chi connectivity index (χ0v) is 21.0. The summed E-state index contributed by atoms with van der Waals surface area (Å²) in [5, 5.41) is 9.88. The van der Waals surface area contributed by atoms with E-state index >= 15 is 0 Å². The van der Waals surface area contributed by atoms with Crippen LogP contribution in [-0.4, -0.2) is 34.6 Å². The molecule has 1 aromatic heterocycles. The molecule has 7 nitrogen and oxygen atoms in total. The molecule has 0 bridgehead atoms. The molecule has 1 amide bonds. The minimum atomic E-state index is -4.76. The van der Waals surface area contributed by atoms with Crippen molar-refractivity contribution in [3.8, 4) is 11.8 Å². The van der Waals surface area contributed by atoms with Gasteiger partial charge in [0.1, 0.15) is 16.9 Å². The van der Waals surface area contributed by atoms with E-state index in [0.29, 0.717) is 24.3 Å². The van der Waals surface area contributed by atoms with Gasteiger partial charge in [-0.1, -0.05) is 0 Å². The first-order chi connectivity index (χ1) is 17.3. The van der Waals surface area contributed by atoms with Gasteiger partial charge in [0.05, 0.1) is 29.5 Å². The van der Waals surface area contributed by atoms with Crippen LogP contribution >= 0.6 is 12.2 Å². The van der Waals surface area contributed by atoms with Crippen molar-refractivity contribution in [2.45, 2.75) is 38.9 Å². The number of rotatable bonds is 6. The van der Waals surface area contributed by atoms with Gasteiger partial charge < -0.3 is 14.1 Å². The fraction of sp³-hybridized carbons (Fsp3) is 0.308. The van der Waals surface area contributed by atoms with Crippen molar-refractivity contribution in [2.75, 3.05) is 18.1 Å². The third-order valence-electron chi connectivity index (χ3n) is 6.23. The lowest BCUT2D eigenvalue weighted by molar-refractivity contribution is -0.137. The number of nitriles is 1. The second-order valence-corrected chi connectivity index (χ2v) is 9.45. The van der Waals surface area contributed by atoms with Crippen LogP contribution in [-0.2, 0) is 11.0 Å². The van der Waals surface area contributed by atoms with Gasteiger partial charge in [-0.3, -0.25) is 9.69 Å². The van der Waals surface area contributed by atoms with Gasteiger partial charge in [-0.15, -0.1) is 0 Å². The third-order valence-corrected chi connectivity index (χ3v) is 6.63. The molecule has 2 heterocycles. The van der Waals surface area contributed by atoms with Crippen LogP contribution in [0.15, 0.2) is 51.7 Å². The molecule has 3 aromatic rings. The van der Waals surface area contributed by atoms with E-state index in [2.05, 4.69) is 0 Å². The van der Waals surface area contributed by atoms with Crippen LogP contribution in [0.25, 0.3) is 11.0 Å². The number of anilines is 1. The van der Waals surface area contributed by atoms with Crippen LogP contribution in [0.5, 0.6) is 5.75 Å². The van der Waals surface area contributed by atoms with Gasteiger partial charge >= 0.3 is 11.8 Å². The summed E-state index contributed by atoms with van der Waals surface area (Å²) in [7, 11) is 0. The van der Waals surface area contributed by atoms with E-state index < -0.39 is 34.4 Å². The van der Waals surface area contributed by atoms with E-state index in [4.69, 9.17) is 26.6 Å². The number of amides is 1. The van der Waals surface area contributed by atoms with Gasteiger partial charge in [-0.2, -0.15) is 18.4 Å². The van der Waals surface area contributed by atoms with Gasteiger partial charge in [0.15, 0.2) is 5.11 Å². The van der Waals surface area contributed by atoms with Crippen molar-refractivity contribution >= 4 is 39.9 Å². The molecule has 4 rings (SSSR count). The molecule has 1 fully saturated rings. The van der Waals surface area contributed by atoms with Crippen molar-refractivity contribution in [2.24, 2.45) is 0 Å². The molecule has 0 N–H and O–H groups in total. The maximum absolute atomic E-state index is 13.5. The SMILES string of the molecule is Cc1cc(=O)oc2ccc(OCCCN3C(=S)N(c4ccc(C#N)c(C(F)(F)F)c4)C(=O)C3(C)C)cc12. The number of halogens is 3. The average molecular weight is 530 g/mol. The highest BCUT2D eigenvalue weighted by Gasteiger charge is 2.49. The standard InChI is InChI=1S/C26H22F3N3O4S/c1-15-11-22(33)36-21-8-7-18(13-19(15)21)35-10-4-9-31-24(37)32(23(34)25(31,2)3)17-6-5-16(14-30)20(12-17)26(27,28)29/h5-8,11-13H,4,9-10H2,1-3H3. The zero-order valence-electron chi connectivity index (χ0n) is 20.2. The van der Waals surface area contributed by atoms with Gasteiger partial charge in [0.2, 0.25) is 0 Å². The molecule has 0 radical (unpaired) electrons. The Morgan fingerprint density at radius 2 is 1.86 bits per heavy atom. The van der Waals surface area contributed by atoms with Crippen molar-refractivity contribution in [3.63, 3.8) is 0 Å². The first-order valence-electron chi connectivity index (χ1n) is 11.3. The van der Waals surface area contributed by atoms with Crippen LogP contribution in [0.2, 0.25) is 0 Å². The number of carbonyl (C=O) groups is 1. The molecule has 0 unspecified atom stereocenters.